The molecule has 1 aromatic carbocycles. The molecule has 4 heterocycles. The van der Waals surface area contributed by atoms with Gasteiger partial charge >= 0.3 is 0 Å². The number of hydrogen-bond acceptors (Lipinski definition) is 6. The van der Waals surface area contributed by atoms with Crippen LogP contribution in [0.3, 0.4) is 0 Å². The largest absolute Gasteiger partial charge is 0.379 e. The highest BCUT2D eigenvalue weighted by molar-refractivity contribution is 5.78. The first kappa shape index (κ1) is 20.6. The summed E-state index contributed by atoms with van der Waals surface area (Å²) in [6.45, 7) is 7.31. The summed E-state index contributed by atoms with van der Waals surface area (Å²) in [7, 11) is 0. The first-order valence-electron chi connectivity index (χ1n) is 11.2. The molecule has 5 rings (SSSR count). The summed E-state index contributed by atoms with van der Waals surface area (Å²) in [5, 5.41) is 12.1. The van der Waals surface area contributed by atoms with Crippen molar-refractivity contribution in [1.82, 2.24) is 24.5 Å². The highest BCUT2D eigenvalue weighted by Gasteiger charge is 2.13. The van der Waals surface area contributed by atoms with E-state index >= 15 is 0 Å². The van der Waals surface area contributed by atoms with E-state index in [0.29, 0.717) is 0 Å². The molecule has 1 aliphatic heterocycles. The van der Waals surface area contributed by atoms with Crippen molar-refractivity contribution in [2.75, 3.05) is 31.6 Å². The molecule has 1 saturated heterocycles. The number of morpholine rings is 1. The second-order valence-corrected chi connectivity index (χ2v) is 8.06. The first-order valence-corrected chi connectivity index (χ1v) is 11.2. The number of aryl methyl sites for hydroxylation is 1. The van der Waals surface area contributed by atoms with Crippen LogP contribution in [0.2, 0.25) is 0 Å². The van der Waals surface area contributed by atoms with Crippen molar-refractivity contribution in [3.05, 3.63) is 77.9 Å². The van der Waals surface area contributed by atoms with Gasteiger partial charge in [0, 0.05) is 43.5 Å². The lowest BCUT2D eigenvalue weighted by molar-refractivity contribution is 0.0336. The van der Waals surface area contributed by atoms with Crippen LogP contribution in [0.5, 0.6) is 0 Å². The van der Waals surface area contributed by atoms with Crippen LogP contribution in [0, 0.1) is 0 Å². The second kappa shape index (κ2) is 9.46. The lowest BCUT2D eigenvalue weighted by atomic mass is 10.1. The summed E-state index contributed by atoms with van der Waals surface area (Å²) in [4.78, 5) is 7.08. The topological polar surface area (TPSA) is 67.6 Å². The number of pyridine rings is 2. The van der Waals surface area contributed by atoms with Gasteiger partial charge in [-0.3, -0.25) is 14.3 Å². The number of fused-ring (bicyclic) bond motifs is 1. The number of rotatable bonds is 7. The van der Waals surface area contributed by atoms with Gasteiger partial charge < -0.3 is 10.1 Å². The summed E-state index contributed by atoms with van der Waals surface area (Å²) in [6, 6.07) is 16.9. The van der Waals surface area contributed by atoms with Gasteiger partial charge in [0.25, 0.3) is 0 Å². The Morgan fingerprint density at radius 3 is 2.62 bits per heavy atom. The molecule has 0 spiro atoms. The van der Waals surface area contributed by atoms with E-state index in [1.165, 1.54) is 11.1 Å². The van der Waals surface area contributed by atoms with Gasteiger partial charge in [0.2, 0.25) is 0 Å². The third-order valence-electron chi connectivity index (χ3n) is 6.04. The van der Waals surface area contributed by atoms with E-state index in [1.807, 2.05) is 10.6 Å². The molecule has 0 radical (unpaired) electrons. The van der Waals surface area contributed by atoms with Crippen LogP contribution in [-0.2, 0) is 24.2 Å². The normalized spacial score (nSPS) is 14.7. The van der Waals surface area contributed by atoms with Crippen LogP contribution < -0.4 is 5.32 Å². The second-order valence-electron chi connectivity index (χ2n) is 8.06. The van der Waals surface area contributed by atoms with Gasteiger partial charge in [0.05, 0.1) is 18.9 Å². The maximum Gasteiger partial charge on any atom is 0.170 e. The molecular formula is C25H28N6O. The monoisotopic (exact) mass is 428 g/mol. The standard InChI is InChI=1S/C25H28N6O/c1-2-19-5-3-4-6-20(19)15-27-24-10-9-23(25-29-28-18-31(24)25)21-7-8-22(26-16-21)17-30-11-13-32-14-12-30/h3-10,16,18,27H,2,11-15,17H2,1H3. The van der Waals surface area contributed by atoms with Gasteiger partial charge in [-0.05, 0) is 35.7 Å². The van der Waals surface area contributed by atoms with Crippen molar-refractivity contribution in [3.8, 4) is 11.1 Å². The Kier molecular flexibility index (Phi) is 6.09. The van der Waals surface area contributed by atoms with E-state index in [0.717, 1.165) is 74.1 Å². The minimum atomic E-state index is 0.758. The maximum absolute atomic E-state index is 5.43. The highest BCUT2D eigenvalue weighted by atomic mass is 16.5. The van der Waals surface area contributed by atoms with Gasteiger partial charge in [0.15, 0.2) is 5.65 Å². The molecule has 32 heavy (non-hydrogen) atoms. The van der Waals surface area contributed by atoms with Crippen molar-refractivity contribution in [3.63, 3.8) is 0 Å². The van der Waals surface area contributed by atoms with E-state index in [9.17, 15) is 0 Å². The molecule has 0 bridgehead atoms. The molecule has 7 nitrogen and oxygen atoms in total. The zero-order valence-electron chi connectivity index (χ0n) is 18.4. The fourth-order valence-corrected chi connectivity index (χ4v) is 4.21. The minimum Gasteiger partial charge on any atom is -0.379 e. The van der Waals surface area contributed by atoms with E-state index < -0.39 is 0 Å². The fraction of sp³-hybridized carbons (Fsp3) is 0.320. The Bertz CT molecular complexity index is 1180. The van der Waals surface area contributed by atoms with Crippen LogP contribution in [0.25, 0.3) is 16.8 Å². The SMILES string of the molecule is CCc1ccccc1CNc1ccc(-c2ccc(CN3CCOCC3)nc2)c2nncn12. The predicted molar refractivity (Wildman–Crippen MR) is 125 cm³/mol. The first-order chi connectivity index (χ1) is 15.8. The van der Waals surface area contributed by atoms with Crippen LogP contribution in [0.1, 0.15) is 23.7 Å². The minimum absolute atomic E-state index is 0.758. The van der Waals surface area contributed by atoms with Crippen molar-refractivity contribution < 1.29 is 4.74 Å². The number of benzene rings is 1. The van der Waals surface area contributed by atoms with E-state index in [4.69, 9.17) is 9.72 Å². The van der Waals surface area contributed by atoms with Gasteiger partial charge in [-0.1, -0.05) is 37.3 Å². The molecule has 0 atom stereocenters. The summed E-state index contributed by atoms with van der Waals surface area (Å²) in [6.07, 6.45) is 4.71. The Balaban J connectivity index is 1.35. The summed E-state index contributed by atoms with van der Waals surface area (Å²) in [5.74, 6) is 0.969. The van der Waals surface area contributed by atoms with Crippen LogP contribution in [0.15, 0.2) is 61.1 Å². The molecule has 164 valence electrons. The third kappa shape index (κ3) is 4.35. The molecule has 0 saturated carbocycles. The molecular weight excluding hydrogens is 400 g/mol. The van der Waals surface area contributed by atoms with Crippen molar-refractivity contribution in [1.29, 1.82) is 0 Å². The fourth-order valence-electron chi connectivity index (χ4n) is 4.21. The molecule has 1 N–H and O–H groups in total. The van der Waals surface area contributed by atoms with E-state index in [-0.39, 0.29) is 0 Å². The maximum atomic E-state index is 5.43. The number of nitrogens with zero attached hydrogens (tertiary/aromatic N) is 5. The summed E-state index contributed by atoms with van der Waals surface area (Å²) < 4.78 is 7.43. The van der Waals surface area contributed by atoms with Crippen LogP contribution in [-0.4, -0.2) is 50.8 Å². The zero-order chi connectivity index (χ0) is 21.8. The Hall–Kier alpha value is -3.29. The molecule has 1 fully saturated rings. The van der Waals surface area contributed by atoms with E-state index in [1.54, 1.807) is 6.33 Å². The number of hydrogen-bond donors (Lipinski definition) is 1. The lowest BCUT2D eigenvalue weighted by Crippen LogP contribution is -2.35. The third-order valence-corrected chi connectivity index (χ3v) is 6.04. The molecule has 7 heteroatoms. The predicted octanol–water partition coefficient (Wildman–Crippen LogP) is 3.80. The Morgan fingerprint density at radius 2 is 1.84 bits per heavy atom. The Labute approximate surface area is 188 Å². The average molecular weight is 429 g/mol. The molecule has 1 aliphatic rings. The van der Waals surface area contributed by atoms with E-state index in [2.05, 4.69) is 75.9 Å². The number of aromatic nitrogens is 4. The number of anilines is 1. The number of ether oxygens (including phenoxy) is 1. The molecule has 3 aromatic heterocycles. The van der Waals surface area contributed by atoms with Crippen LogP contribution in [0.4, 0.5) is 5.82 Å². The number of nitrogens with one attached hydrogen (secondary N) is 1. The zero-order valence-corrected chi connectivity index (χ0v) is 18.4. The highest BCUT2D eigenvalue weighted by Crippen LogP contribution is 2.26. The smallest absolute Gasteiger partial charge is 0.170 e. The lowest BCUT2D eigenvalue weighted by Gasteiger charge is -2.26. The molecule has 0 unspecified atom stereocenters. The molecule has 0 aliphatic carbocycles. The molecule has 0 amide bonds. The van der Waals surface area contributed by atoms with Gasteiger partial charge in [-0.25, -0.2) is 0 Å². The van der Waals surface area contributed by atoms with Gasteiger partial charge in [-0.2, -0.15) is 0 Å². The van der Waals surface area contributed by atoms with Crippen LogP contribution >= 0.6 is 0 Å². The van der Waals surface area contributed by atoms with Crippen molar-refractivity contribution >= 4 is 11.5 Å². The van der Waals surface area contributed by atoms with Crippen molar-refractivity contribution in [2.45, 2.75) is 26.4 Å². The quantitative estimate of drug-likeness (QED) is 0.483. The van der Waals surface area contributed by atoms with Gasteiger partial charge in [-0.15, -0.1) is 10.2 Å². The van der Waals surface area contributed by atoms with Crippen molar-refractivity contribution in [2.24, 2.45) is 0 Å². The van der Waals surface area contributed by atoms with Gasteiger partial charge in [0.1, 0.15) is 12.1 Å². The summed E-state index contributed by atoms with van der Waals surface area (Å²) in [5.41, 5.74) is 6.62. The average Bonchev–Trinajstić information content (AvgIpc) is 3.34. The molecule has 4 aromatic rings. The summed E-state index contributed by atoms with van der Waals surface area (Å²) >= 11 is 0. The Morgan fingerprint density at radius 1 is 1.00 bits per heavy atom.